The molecule has 6 nitrogen and oxygen atoms in total. The highest BCUT2D eigenvalue weighted by Gasteiger charge is 2.27. The van der Waals surface area contributed by atoms with Gasteiger partial charge < -0.3 is 24.4 Å². The minimum atomic E-state index is 0. The van der Waals surface area contributed by atoms with Gasteiger partial charge in [-0.2, -0.15) is 0 Å². The van der Waals surface area contributed by atoms with Crippen LogP contribution in [0.4, 0.5) is 0 Å². The van der Waals surface area contributed by atoms with Crippen molar-refractivity contribution in [3.63, 3.8) is 0 Å². The number of amides is 1. The smallest absolute Gasteiger partial charge is 0.227 e. The number of carbonyl (C=O) groups is 1. The lowest BCUT2D eigenvalue weighted by Gasteiger charge is -2.30. The lowest BCUT2D eigenvalue weighted by atomic mass is 10.0. The molecule has 0 aliphatic carbocycles. The third-order valence-electron chi connectivity index (χ3n) is 3.74. The van der Waals surface area contributed by atoms with Crippen LogP contribution in [0.5, 0.6) is 17.2 Å². The number of nitrogens with one attached hydrogen (secondary N) is 1. The van der Waals surface area contributed by atoms with E-state index in [0.29, 0.717) is 30.4 Å². The maximum Gasteiger partial charge on any atom is 0.227 e. The van der Waals surface area contributed by atoms with E-state index < -0.39 is 0 Å². The van der Waals surface area contributed by atoms with Crippen molar-refractivity contribution < 1.29 is 19.0 Å². The predicted molar refractivity (Wildman–Crippen MR) is 90.9 cm³/mol. The first-order chi connectivity index (χ1) is 10.6. The second-order valence-electron chi connectivity index (χ2n) is 5.37. The number of nitrogens with zero attached hydrogens (tertiary/aromatic N) is 1. The molecule has 1 aliphatic rings. The highest BCUT2D eigenvalue weighted by molar-refractivity contribution is 5.85. The van der Waals surface area contributed by atoms with Crippen molar-refractivity contribution in [3.05, 3.63) is 18.2 Å². The Bertz CT molecular complexity index is 487. The fourth-order valence-electron chi connectivity index (χ4n) is 2.24. The molecule has 2 rings (SSSR count). The summed E-state index contributed by atoms with van der Waals surface area (Å²) in [5.74, 6) is 2.45. The van der Waals surface area contributed by atoms with Gasteiger partial charge in [0.25, 0.3) is 0 Å². The average Bonchev–Trinajstić information content (AvgIpc) is 2.49. The first-order valence-corrected chi connectivity index (χ1v) is 7.45. The van der Waals surface area contributed by atoms with Crippen LogP contribution in [-0.4, -0.2) is 58.3 Å². The summed E-state index contributed by atoms with van der Waals surface area (Å²) in [6.45, 7) is 2.82. The van der Waals surface area contributed by atoms with Gasteiger partial charge in [-0.15, -0.1) is 12.4 Å². The van der Waals surface area contributed by atoms with Crippen LogP contribution in [0.2, 0.25) is 0 Å². The van der Waals surface area contributed by atoms with Crippen molar-refractivity contribution >= 4 is 18.3 Å². The quantitative estimate of drug-likeness (QED) is 0.725. The molecule has 1 amide bonds. The second-order valence-corrected chi connectivity index (χ2v) is 5.37. The van der Waals surface area contributed by atoms with Crippen molar-refractivity contribution in [2.24, 2.45) is 5.92 Å². The summed E-state index contributed by atoms with van der Waals surface area (Å²) in [4.78, 5) is 13.7. The molecule has 1 aliphatic heterocycles. The number of rotatable bonds is 8. The Morgan fingerprint density at radius 3 is 2.22 bits per heavy atom. The van der Waals surface area contributed by atoms with Crippen molar-refractivity contribution in [1.82, 2.24) is 10.2 Å². The lowest BCUT2D eigenvalue weighted by Crippen LogP contribution is -2.51. The van der Waals surface area contributed by atoms with Gasteiger partial charge in [0.05, 0.1) is 26.7 Å². The molecule has 0 aromatic heterocycles. The van der Waals surface area contributed by atoms with Crippen LogP contribution in [0.1, 0.15) is 6.42 Å². The van der Waals surface area contributed by atoms with Crippen LogP contribution in [0.15, 0.2) is 18.2 Å². The summed E-state index contributed by atoms with van der Waals surface area (Å²) in [5.41, 5.74) is 0. The fraction of sp³-hybridized carbons (Fsp3) is 0.562. The highest BCUT2D eigenvalue weighted by atomic mass is 35.5. The van der Waals surface area contributed by atoms with Crippen molar-refractivity contribution in [3.8, 4) is 17.2 Å². The summed E-state index contributed by atoms with van der Waals surface area (Å²) in [5, 5.41) is 3.11. The minimum absolute atomic E-state index is 0. The molecular formula is C16H25ClN2O4. The molecule has 130 valence electrons. The molecule has 0 spiro atoms. The molecule has 0 saturated carbocycles. The van der Waals surface area contributed by atoms with Gasteiger partial charge in [-0.25, -0.2) is 0 Å². The highest BCUT2D eigenvalue weighted by Crippen LogP contribution is 2.27. The number of ether oxygens (including phenoxy) is 3. The maximum absolute atomic E-state index is 12.0. The molecule has 0 bridgehead atoms. The van der Waals surface area contributed by atoms with Crippen LogP contribution in [-0.2, 0) is 4.79 Å². The van der Waals surface area contributed by atoms with Crippen LogP contribution in [0.3, 0.4) is 0 Å². The number of halogens is 1. The Balaban J connectivity index is 0.00000264. The van der Waals surface area contributed by atoms with Crippen molar-refractivity contribution in [2.75, 3.05) is 47.5 Å². The fourth-order valence-corrected chi connectivity index (χ4v) is 2.24. The molecular weight excluding hydrogens is 320 g/mol. The van der Waals surface area contributed by atoms with E-state index in [1.807, 2.05) is 19.2 Å². The Morgan fingerprint density at radius 1 is 1.17 bits per heavy atom. The number of benzene rings is 1. The summed E-state index contributed by atoms with van der Waals surface area (Å²) < 4.78 is 16.1. The molecule has 1 aromatic carbocycles. The molecule has 23 heavy (non-hydrogen) atoms. The van der Waals surface area contributed by atoms with E-state index in [-0.39, 0.29) is 24.2 Å². The van der Waals surface area contributed by atoms with E-state index >= 15 is 0 Å². The van der Waals surface area contributed by atoms with Gasteiger partial charge in [0.2, 0.25) is 5.91 Å². The molecule has 0 unspecified atom stereocenters. The van der Waals surface area contributed by atoms with Crippen molar-refractivity contribution in [2.45, 2.75) is 6.42 Å². The standard InChI is InChI=1S/C16H24N2O4.ClH/c1-18(16(19)12-10-17-11-12)5-4-6-22-15-8-13(20-2)7-14(9-15)21-3;/h7-9,12,17H,4-6,10-11H2,1-3H3;1H. The van der Waals surface area contributed by atoms with Crippen LogP contribution >= 0.6 is 12.4 Å². The Kier molecular flexibility index (Phi) is 7.98. The van der Waals surface area contributed by atoms with Gasteiger partial charge in [-0.1, -0.05) is 0 Å². The third-order valence-corrected chi connectivity index (χ3v) is 3.74. The Hall–Kier alpha value is -1.66. The first kappa shape index (κ1) is 19.4. The van der Waals surface area contributed by atoms with Gasteiger partial charge >= 0.3 is 0 Å². The lowest BCUT2D eigenvalue weighted by molar-refractivity contribution is -0.135. The zero-order valence-corrected chi connectivity index (χ0v) is 14.6. The Labute approximate surface area is 143 Å². The minimum Gasteiger partial charge on any atom is -0.496 e. The molecule has 7 heteroatoms. The van der Waals surface area contributed by atoms with Gasteiger partial charge in [-0.05, 0) is 6.42 Å². The first-order valence-electron chi connectivity index (χ1n) is 7.45. The van der Waals surface area contributed by atoms with Gasteiger partial charge in [0.1, 0.15) is 17.2 Å². The molecule has 0 atom stereocenters. The zero-order valence-electron chi connectivity index (χ0n) is 13.8. The summed E-state index contributed by atoms with van der Waals surface area (Å²) in [6, 6.07) is 5.43. The summed E-state index contributed by atoms with van der Waals surface area (Å²) in [6.07, 6.45) is 0.780. The van der Waals surface area contributed by atoms with Gasteiger partial charge in [0, 0.05) is 44.9 Å². The summed E-state index contributed by atoms with van der Waals surface area (Å²) in [7, 11) is 5.05. The van der Waals surface area contributed by atoms with E-state index in [1.165, 1.54) is 0 Å². The summed E-state index contributed by atoms with van der Waals surface area (Å²) >= 11 is 0. The van der Waals surface area contributed by atoms with Crippen LogP contribution in [0.25, 0.3) is 0 Å². The monoisotopic (exact) mass is 344 g/mol. The number of hydrogen-bond acceptors (Lipinski definition) is 5. The van der Waals surface area contributed by atoms with Crippen molar-refractivity contribution in [1.29, 1.82) is 0 Å². The molecule has 0 radical (unpaired) electrons. The normalized spacial score (nSPS) is 13.5. The van der Waals surface area contributed by atoms with Crippen LogP contribution in [0, 0.1) is 5.92 Å². The Morgan fingerprint density at radius 2 is 1.74 bits per heavy atom. The molecule has 1 N–H and O–H groups in total. The van der Waals surface area contributed by atoms with Gasteiger partial charge in [-0.3, -0.25) is 4.79 Å². The van der Waals surface area contributed by atoms with Crippen LogP contribution < -0.4 is 19.5 Å². The largest absolute Gasteiger partial charge is 0.496 e. The number of carbonyl (C=O) groups excluding carboxylic acids is 1. The SMILES string of the molecule is COc1cc(OC)cc(OCCCN(C)C(=O)C2CNC2)c1.Cl. The van der Waals surface area contributed by atoms with E-state index in [2.05, 4.69) is 5.32 Å². The number of hydrogen-bond donors (Lipinski definition) is 1. The van der Waals surface area contributed by atoms with E-state index in [0.717, 1.165) is 19.5 Å². The second kappa shape index (κ2) is 9.47. The molecule has 1 saturated heterocycles. The average molecular weight is 345 g/mol. The number of methoxy groups -OCH3 is 2. The van der Waals surface area contributed by atoms with E-state index in [1.54, 1.807) is 25.2 Å². The van der Waals surface area contributed by atoms with Gasteiger partial charge in [0.15, 0.2) is 0 Å². The predicted octanol–water partition coefficient (Wildman–Crippen LogP) is 1.57. The third kappa shape index (κ3) is 5.48. The molecule has 1 heterocycles. The maximum atomic E-state index is 12.0. The topological polar surface area (TPSA) is 60.0 Å². The van der Waals surface area contributed by atoms with E-state index in [9.17, 15) is 4.79 Å². The zero-order chi connectivity index (χ0) is 15.9. The molecule has 1 aromatic rings. The molecule has 1 fully saturated rings. The van der Waals surface area contributed by atoms with E-state index in [4.69, 9.17) is 14.2 Å².